The lowest BCUT2D eigenvalue weighted by atomic mass is 9.57. The molecule has 1 aromatic carbocycles. The van der Waals surface area contributed by atoms with Crippen LogP contribution in [0.2, 0.25) is 10.0 Å². The highest BCUT2D eigenvalue weighted by atomic mass is 35.5. The van der Waals surface area contributed by atoms with Crippen LogP contribution in [0.15, 0.2) is 47.3 Å². The number of allylic oxidation sites excluding steroid dienone is 1. The maximum Gasteiger partial charge on any atom is 0.354 e. The number of halogens is 2. The number of ether oxygens (including phenoxy) is 1. The zero-order valence-corrected chi connectivity index (χ0v) is 23.2. The van der Waals surface area contributed by atoms with Crippen molar-refractivity contribution in [1.82, 2.24) is 15.1 Å². The average molecular weight is 577 g/mol. The summed E-state index contributed by atoms with van der Waals surface area (Å²) in [5.41, 5.74) is 4.30. The Morgan fingerprint density at radius 2 is 1.93 bits per heavy atom. The normalized spacial score (nSPS) is 18.3. The first kappa shape index (κ1) is 25.4. The van der Waals surface area contributed by atoms with E-state index in [-0.39, 0.29) is 5.69 Å². The van der Waals surface area contributed by atoms with Crippen molar-refractivity contribution in [3.63, 3.8) is 0 Å². The molecular formula is C30H26Cl2N4O4. The number of anilines is 1. The van der Waals surface area contributed by atoms with Crippen LogP contribution in [0, 0.1) is 11.3 Å². The van der Waals surface area contributed by atoms with Crippen LogP contribution in [-0.4, -0.2) is 46.4 Å². The Balaban J connectivity index is 1.05. The highest BCUT2D eigenvalue weighted by Gasteiger charge is 2.51. The van der Waals surface area contributed by atoms with Gasteiger partial charge in [0, 0.05) is 65.1 Å². The Morgan fingerprint density at radius 1 is 1.18 bits per heavy atom. The van der Waals surface area contributed by atoms with Crippen LogP contribution in [0.25, 0.3) is 28.2 Å². The van der Waals surface area contributed by atoms with E-state index in [2.05, 4.69) is 32.2 Å². The van der Waals surface area contributed by atoms with E-state index in [1.807, 2.05) is 18.2 Å². The third-order valence-electron chi connectivity index (χ3n) is 8.33. The molecule has 2 saturated carbocycles. The van der Waals surface area contributed by atoms with Gasteiger partial charge in [-0.15, -0.1) is 0 Å². The Hall–Kier alpha value is -3.62. The second kappa shape index (κ2) is 9.49. The van der Waals surface area contributed by atoms with Crippen molar-refractivity contribution < 1.29 is 19.2 Å². The quantitative estimate of drug-likeness (QED) is 0.248. The Bertz CT molecular complexity index is 1660. The van der Waals surface area contributed by atoms with E-state index >= 15 is 0 Å². The summed E-state index contributed by atoms with van der Waals surface area (Å²) in [4.78, 5) is 22.1. The molecule has 204 valence electrons. The van der Waals surface area contributed by atoms with Crippen molar-refractivity contribution in [1.29, 1.82) is 0 Å². The molecule has 0 radical (unpaired) electrons. The highest BCUT2D eigenvalue weighted by Crippen LogP contribution is 2.54. The summed E-state index contributed by atoms with van der Waals surface area (Å²) in [5, 5.41) is 15.4. The topological polar surface area (TPSA) is 102 Å². The molecule has 3 aromatic heterocycles. The van der Waals surface area contributed by atoms with Crippen LogP contribution < -0.4 is 9.64 Å². The van der Waals surface area contributed by atoms with Gasteiger partial charge in [0.2, 0.25) is 0 Å². The molecule has 3 aliphatic rings. The van der Waals surface area contributed by atoms with E-state index in [1.54, 1.807) is 19.5 Å². The Kier molecular flexibility index (Phi) is 6.02. The van der Waals surface area contributed by atoms with Crippen molar-refractivity contribution in [2.24, 2.45) is 11.3 Å². The number of nitrogens with zero attached hydrogens (tertiary/aromatic N) is 4. The lowest BCUT2D eigenvalue weighted by Gasteiger charge is -2.59. The maximum atomic E-state index is 11.4. The molecule has 40 heavy (non-hydrogen) atoms. The molecular weight excluding hydrogens is 551 g/mol. The fourth-order valence-corrected chi connectivity index (χ4v) is 6.76. The summed E-state index contributed by atoms with van der Waals surface area (Å²) >= 11 is 12.9. The molecule has 0 amide bonds. The zero-order chi connectivity index (χ0) is 27.6. The molecule has 4 aromatic rings. The first-order valence-corrected chi connectivity index (χ1v) is 14.0. The summed E-state index contributed by atoms with van der Waals surface area (Å²) in [7, 11) is 1.55. The molecule has 1 N–H and O–H groups in total. The zero-order valence-electron chi connectivity index (χ0n) is 21.7. The lowest BCUT2D eigenvalue weighted by Crippen LogP contribution is -2.62. The summed E-state index contributed by atoms with van der Waals surface area (Å²) in [6, 6.07) is 7.39. The number of pyridine rings is 2. The van der Waals surface area contributed by atoms with E-state index in [0.29, 0.717) is 49.8 Å². The van der Waals surface area contributed by atoms with Crippen LogP contribution in [-0.2, 0) is 0 Å². The summed E-state index contributed by atoms with van der Waals surface area (Å²) in [6.45, 7) is 1.97. The summed E-state index contributed by atoms with van der Waals surface area (Å²) < 4.78 is 11.2. The van der Waals surface area contributed by atoms with Crippen LogP contribution >= 0.6 is 23.2 Å². The second-order valence-corrected chi connectivity index (χ2v) is 12.0. The molecule has 2 aliphatic carbocycles. The predicted molar refractivity (Wildman–Crippen MR) is 153 cm³/mol. The number of hydrogen-bond acceptors (Lipinski definition) is 7. The largest absolute Gasteiger partial charge is 0.496 e. The maximum absolute atomic E-state index is 11.4. The van der Waals surface area contributed by atoms with Crippen molar-refractivity contribution in [3.8, 4) is 17.0 Å². The number of hydrogen-bond donors (Lipinski definition) is 1. The van der Waals surface area contributed by atoms with Gasteiger partial charge in [-0.05, 0) is 49.8 Å². The molecule has 7 rings (SSSR count). The van der Waals surface area contributed by atoms with Gasteiger partial charge < -0.3 is 19.3 Å². The van der Waals surface area contributed by atoms with E-state index in [4.69, 9.17) is 32.5 Å². The third-order valence-corrected chi connectivity index (χ3v) is 8.90. The summed E-state index contributed by atoms with van der Waals surface area (Å²) in [6.07, 6.45) is 12.0. The van der Waals surface area contributed by atoms with Gasteiger partial charge in [-0.2, -0.15) is 0 Å². The van der Waals surface area contributed by atoms with Crippen LogP contribution in [0.1, 0.15) is 53.4 Å². The monoisotopic (exact) mass is 576 g/mol. The number of carboxylic acids is 1. The van der Waals surface area contributed by atoms with Crippen LogP contribution in [0.3, 0.4) is 0 Å². The summed E-state index contributed by atoms with van der Waals surface area (Å²) in [5.74, 6) is 1.24. The number of methoxy groups -OCH3 is 1. The minimum absolute atomic E-state index is 0.0249. The predicted octanol–water partition coefficient (Wildman–Crippen LogP) is 7.11. The number of carboxylic acid groups (broad SMARTS) is 1. The van der Waals surface area contributed by atoms with Gasteiger partial charge in [-0.25, -0.2) is 9.78 Å². The number of aromatic carboxylic acids is 1. The van der Waals surface area contributed by atoms with Crippen LogP contribution in [0.5, 0.6) is 5.75 Å². The highest BCUT2D eigenvalue weighted by molar-refractivity contribution is 6.39. The molecule has 1 aliphatic heterocycles. The molecule has 4 heterocycles. The van der Waals surface area contributed by atoms with Gasteiger partial charge >= 0.3 is 5.97 Å². The van der Waals surface area contributed by atoms with Gasteiger partial charge in [0.05, 0.1) is 22.7 Å². The molecule has 3 fully saturated rings. The van der Waals surface area contributed by atoms with E-state index in [9.17, 15) is 9.90 Å². The average Bonchev–Trinajstić information content (AvgIpc) is 3.66. The number of fused-ring (bicyclic) bond motifs is 1. The van der Waals surface area contributed by atoms with Crippen molar-refractivity contribution >= 4 is 51.8 Å². The number of aromatic nitrogens is 3. The van der Waals surface area contributed by atoms with Crippen molar-refractivity contribution in [2.75, 3.05) is 25.1 Å². The minimum Gasteiger partial charge on any atom is -0.496 e. The van der Waals surface area contributed by atoms with Crippen LogP contribution in [0.4, 0.5) is 5.69 Å². The van der Waals surface area contributed by atoms with Crippen molar-refractivity contribution in [3.05, 3.63) is 69.8 Å². The van der Waals surface area contributed by atoms with Gasteiger partial charge in [0.25, 0.3) is 0 Å². The van der Waals surface area contributed by atoms with Gasteiger partial charge in [-0.1, -0.05) is 40.5 Å². The molecule has 0 atom stereocenters. The van der Waals surface area contributed by atoms with E-state index in [1.165, 1.54) is 6.07 Å². The Labute approximate surface area is 240 Å². The third kappa shape index (κ3) is 4.30. The molecule has 8 nitrogen and oxygen atoms in total. The molecule has 0 bridgehead atoms. The number of carbonyl (C=O) groups is 1. The molecule has 1 saturated heterocycles. The molecule has 0 unspecified atom stereocenters. The smallest absolute Gasteiger partial charge is 0.354 e. The van der Waals surface area contributed by atoms with E-state index < -0.39 is 5.97 Å². The van der Waals surface area contributed by atoms with Gasteiger partial charge in [0.15, 0.2) is 5.69 Å². The standard InChI is InChI=1S/C30H26Cl2N4O4/c1-39-25-9-24(29(37)38)34-23-7-5-18(8-20(23)25)36-14-30(15-36)10-16(11-30)2-6-19-27(35-40-28(19)17-3-4-17)26-21(31)12-33-13-22(26)32/h2,5-9,12-13,16-17H,3-4,10-11,14-15H2,1H3,(H,37,38). The fraction of sp³-hybridized carbons (Fsp3) is 0.333. The minimum atomic E-state index is -1.07. The van der Waals surface area contributed by atoms with E-state index in [0.717, 1.165) is 61.2 Å². The lowest BCUT2D eigenvalue weighted by molar-refractivity contribution is 0.0486. The number of rotatable bonds is 7. The van der Waals surface area contributed by atoms with Gasteiger partial charge in [0.1, 0.15) is 17.2 Å². The second-order valence-electron chi connectivity index (χ2n) is 11.2. The van der Waals surface area contributed by atoms with Gasteiger partial charge in [-0.3, -0.25) is 4.98 Å². The number of benzene rings is 1. The Morgan fingerprint density at radius 3 is 2.60 bits per heavy atom. The first-order chi connectivity index (χ1) is 19.3. The SMILES string of the molecule is COc1cc(C(=O)O)nc2ccc(N3CC4(CC(C=Cc5c(-c6c(Cl)cncc6Cl)noc5C5CC5)C4)C3)cc12. The molecule has 10 heteroatoms. The first-order valence-electron chi connectivity index (χ1n) is 13.3. The molecule has 1 spiro atoms. The fourth-order valence-electron chi connectivity index (χ4n) is 6.21. The van der Waals surface area contributed by atoms with Crippen molar-refractivity contribution in [2.45, 2.75) is 31.6 Å².